The van der Waals surface area contributed by atoms with E-state index >= 15 is 0 Å². The first kappa shape index (κ1) is 18.6. The van der Waals surface area contributed by atoms with Crippen molar-refractivity contribution >= 4 is 21.6 Å². The molecule has 0 aliphatic rings. The summed E-state index contributed by atoms with van der Waals surface area (Å²) in [5, 5.41) is 0.568. The summed E-state index contributed by atoms with van der Waals surface area (Å²) >= 11 is 5.82. The van der Waals surface area contributed by atoms with E-state index in [1.54, 1.807) is 63.6 Å². The molecule has 5 nitrogen and oxygen atoms in total. The molecule has 0 heterocycles. The summed E-state index contributed by atoms with van der Waals surface area (Å²) in [6.45, 7) is 1.76. The number of ether oxygens (including phenoxy) is 2. The van der Waals surface area contributed by atoms with Crippen LogP contribution in [0, 0.1) is 0 Å². The van der Waals surface area contributed by atoms with Gasteiger partial charge in [-0.25, -0.2) is 13.1 Å². The molecule has 0 radical (unpaired) electrons. The van der Waals surface area contributed by atoms with Gasteiger partial charge < -0.3 is 9.47 Å². The van der Waals surface area contributed by atoms with E-state index in [9.17, 15) is 8.42 Å². The summed E-state index contributed by atoms with van der Waals surface area (Å²) in [6.07, 6.45) is 0. The SMILES string of the molecule is COc1ccc(OC)c([C@H](C)NS(=O)(=O)Cc2ccc(Cl)cc2)c1. The van der Waals surface area contributed by atoms with Gasteiger partial charge in [-0.05, 0) is 42.8 Å². The summed E-state index contributed by atoms with van der Waals surface area (Å²) in [7, 11) is -0.430. The predicted octanol–water partition coefficient (Wildman–Crippen LogP) is 3.54. The Bertz CT molecular complexity index is 791. The number of rotatable bonds is 7. The Morgan fingerprint density at radius 2 is 1.75 bits per heavy atom. The van der Waals surface area contributed by atoms with Crippen molar-refractivity contribution in [1.82, 2.24) is 4.72 Å². The zero-order valence-corrected chi connectivity index (χ0v) is 15.3. The lowest BCUT2D eigenvalue weighted by Crippen LogP contribution is -2.28. The van der Waals surface area contributed by atoms with Crippen molar-refractivity contribution in [1.29, 1.82) is 0 Å². The summed E-state index contributed by atoms with van der Waals surface area (Å²) in [5.74, 6) is 1.10. The van der Waals surface area contributed by atoms with Crippen LogP contribution >= 0.6 is 11.6 Å². The molecule has 2 aromatic carbocycles. The number of hydrogen-bond donors (Lipinski definition) is 1. The van der Waals surface area contributed by atoms with Crippen LogP contribution in [0.3, 0.4) is 0 Å². The maximum absolute atomic E-state index is 12.4. The topological polar surface area (TPSA) is 64.6 Å². The normalized spacial score (nSPS) is 12.7. The highest BCUT2D eigenvalue weighted by Gasteiger charge is 2.20. The zero-order chi connectivity index (χ0) is 17.7. The molecule has 24 heavy (non-hydrogen) atoms. The zero-order valence-electron chi connectivity index (χ0n) is 13.7. The van der Waals surface area contributed by atoms with E-state index in [0.717, 1.165) is 0 Å². The van der Waals surface area contributed by atoms with Crippen molar-refractivity contribution in [2.75, 3.05) is 14.2 Å². The van der Waals surface area contributed by atoms with Crippen LogP contribution in [-0.2, 0) is 15.8 Å². The molecule has 1 atom stereocenters. The second-order valence-electron chi connectivity index (χ2n) is 5.33. The molecule has 1 N–H and O–H groups in total. The first-order chi connectivity index (χ1) is 11.3. The van der Waals surface area contributed by atoms with Gasteiger partial charge in [0.25, 0.3) is 0 Å². The molecule has 7 heteroatoms. The fourth-order valence-corrected chi connectivity index (χ4v) is 3.86. The Kier molecular flexibility index (Phi) is 6.10. The Morgan fingerprint density at radius 1 is 1.08 bits per heavy atom. The van der Waals surface area contributed by atoms with E-state index < -0.39 is 16.1 Å². The maximum atomic E-state index is 12.4. The van der Waals surface area contributed by atoms with E-state index in [2.05, 4.69) is 4.72 Å². The first-order valence-electron chi connectivity index (χ1n) is 7.31. The van der Waals surface area contributed by atoms with Crippen LogP contribution in [0.4, 0.5) is 0 Å². The van der Waals surface area contributed by atoms with Crippen LogP contribution in [0.15, 0.2) is 42.5 Å². The quantitative estimate of drug-likeness (QED) is 0.810. The van der Waals surface area contributed by atoms with Crippen LogP contribution in [-0.4, -0.2) is 22.6 Å². The van der Waals surface area contributed by atoms with Crippen molar-refractivity contribution < 1.29 is 17.9 Å². The monoisotopic (exact) mass is 369 g/mol. The van der Waals surface area contributed by atoms with Gasteiger partial charge in [0.1, 0.15) is 11.5 Å². The van der Waals surface area contributed by atoms with Crippen molar-refractivity contribution in [2.45, 2.75) is 18.7 Å². The van der Waals surface area contributed by atoms with Crippen LogP contribution in [0.25, 0.3) is 0 Å². The summed E-state index contributed by atoms with van der Waals surface area (Å²) < 4.78 is 38.0. The Balaban J connectivity index is 2.18. The molecule has 0 aromatic heterocycles. The Hall–Kier alpha value is -1.76. The fraction of sp³-hybridized carbons (Fsp3) is 0.294. The number of halogens is 1. The van der Waals surface area contributed by atoms with Crippen LogP contribution in [0.1, 0.15) is 24.1 Å². The van der Waals surface area contributed by atoms with E-state index in [1.807, 2.05) is 0 Å². The molecule has 130 valence electrons. The van der Waals surface area contributed by atoms with Crippen molar-refractivity contribution in [3.63, 3.8) is 0 Å². The minimum absolute atomic E-state index is 0.124. The minimum atomic E-state index is -3.53. The number of methoxy groups -OCH3 is 2. The third-order valence-electron chi connectivity index (χ3n) is 3.53. The molecule has 0 bridgehead atoms. The van der Waals surface area contributed by atoms with Gasteiger partial charge in [0.05, 0.1) is 20.0 Å². The first-order valence-corrected chi connectivity index (χ1v) is 9.34. The maximum Gasteiger partial charge on any atom is 0.216 e. The number of hydrogen-bond acceptors (Lipinski definition) is 4. The van der Waals surface area contributed by atoms with E-state index in [4.69, 9.17) is 21.1 Å². The molecule has 0 spiro atoms. The average molecular weight is 370 g/mol. The van der Waals surface area contributed by atoms with Gasteiger partial charge in [-0.2, -0.15) is 0 Å². The summed E-state index contributed by atoms with van der Waals surface area (Å²) in [4.78, 5) is 0. The minimum Gasteiger partial charge on any atom is -0.497 e. The Morgan fingerprint density at radius 3 is 2.33 bits per heavy atom. The van der Waals surface area contributed by atoms with Gasteiger partial charge in [-0.1, -0.05) is 23.7 Å². The van der Waals surface area contributed by atoms with Gasteiger partial charge in [0.2, 0.25) is 10.0 Å². The molecule has 0 aliphatic carbocycles. The lowest BCUT2D eigenvalue weighted by Gasteiger charge is -2.18. The van der Waals surface area contributed by atoms with Gasteiger partial charge in [0.15, 0.2) is 0 Å². The smallest absolute Gasteiger partial charge is 0.216 e. The second-order valence-corrected chi connectivity index (χ2v) is 7.52. The van der Waals surface area contributed by atoms with Gasteiger partial charge in [-0.3, -0.25) is 0 Å². The highest BCUT2D eigenvalue weighted by atomic mass is 35.5. The number of sulfonamides is 1. The summed E-state index contributed by atoms with van der Waals surface area (Å²) in [6, 6.07) is 11.5. The fourth-order valence-electron chi connectivity index (χ4n) is 2.35. The van der Waals surface area contributed by atoms with E-state index in [-0.39, 0.29) is 5.75 Å². The van der Waals surface area contributed by atoms with E-state index in [1.165, 1.54) is 0 Å². The molecule has 0 saturated carbocycles. The lowest BCUT2D eigenvalue weighted by atomic mass is 10.1. The van der Waals surface area contributed by atoms with Crippen molar-refractivity contribution in [2.24, 2.45) is 0 Å². The third kappa shape index (κ3) is 4.87. The molecular formula is C17H20ClNO4S. The molecule has 0 saturated heterocycles. The van der Waals surface area contributed by atoms with E-state index in [0.29, 0.717) is 27.6 Å². The van der Waals surface area contributed by atoms with Gasteiger partial charge in [0, 0.05) is 16.6 Å². The van der Waals surface area contributed by atoms with Crippen LogP contribution in [0.2, 0.25) is 5.02 Å². The highest BCUT2D eigenvalue weighted by molar-refractivity contribution is 7.88. The average Bonchev–Trinajstić information content (AvgIpc) is 2.55. The largest absolute Gasteiger partial charge is 0.497 e. The molecular weight excluding hydrogens is 350 g/mol. The molecule has 2 aromatic rings. The second kappa shape index (κ2) is 7.88. The standard InChI is InChI=1S/C17H20ClNO4S/c1-12(16-10-15(22-2)8-9-17(16)23-3)19-24(20,21)11-13-4-6-14(18)7-5-13/h4-10,12,19H,11H2,1-3H3/t12-/m0/s1. The van der Waals surface area contributed by atoms with Crippen LogP contribution < -0.4 is 14.2 Å². The van der Waals surface area contributed by atoms with Gasteiger partial charge in [-0.15, -0.1) is 0 Å². The van der Waals surface area contributed by atoms with Crippen molar-refractivity contribution in [3.05, 3.63) is 58.6 Å². The molecule has 0 fully saturated rings. The molecule has 2 rings (SSSR count). The van der Waals surface area contributed by atoms with Crippen molar-refractivity contribution in [3.8, 4) is 11.5 Å². The summed E-state index contributed by atoms with van der Waals surface area (Å²) in [5.41, 5.74) is 1.37. The molecule has 0 aliphatic heterocycles. The number of nitrogens with one attached hydrogen (secondary N) is 1. The highest BCUT2D eigenvalue weighted by Crippen LogP contribution is 2.29. The van der Waals surface area contributed by atoms with Crippen LogP contribution in [0.5, 0.6) is 11.5 Å². The molecule has 0 unspecified atom stereocenters. The lowest BCUT2D eigenvalue weighted by molar-refractivity contribution is 0.395. The Labute approximate surface area is 147 Å². The van der Waals surface area contributed by atoms with Gasteiger partial charge >= 0.3 is 0 Å². The third-order valence-corrected chi connectivity index (χ3v) is 5.21. The molecule has 0 amide bonds. The predicted molar refractivity (Wildman–Crippen MR) is 95.2 cm³/mol. The number of benzene rings is 2.